The zero-order valence-corrected chi connectivity index (χ0v) is 21.3. The zero-order chi connectivity index (χ0) is 26.9. The van der Waals surface area contributed by atoms with Gasteiger partial charge in [-0.3, -0.25) is 9.69 Å². The van der Waals surface area contributed by atoms with Gasteiger partial charge in [0.25, 0.3) is 0 Å². The van der Waals surface area contributed by atoms with Crippen LogP contribution in [0.2, 0.25) is 0 Å². The first-order valence-electron chi connectivity index (χ1n) is 12.2. The molecule has 0 fully saturated rings. The van der Waals surface area contributed by atoms with Crippen molar-refractivity contribution >= 4 is 18.1 Å². The van der Waals surface area contributed by atoms with Gasteiger partial charge in [0, 0.05) is 18.5 Å². The van der Waals surface area contributed by atoms with Crippen molar-refractivity contribution < 1.29 is 28.9 Å². The summed E-state index contributed by atoms with van der Waals surface area (Å²) in [5, 5.41) is 12.8. The lowest BCUT2D eigenvalue weighted by atomic mass is 10.1. The van der Waals surface area contributed by atoms with Crippen molar-refractivity contribution in [3.8, 4) is 11.5 Å². The summed E-state index contributed by atoms with van der Waals surface area (Å²) in [5.41, 5.74) is 3.79. The van der Waals surface area contributed by atoms with E-state index < -0.39 is 18.6 Å². The smallest absolute Gasteiger partial charge is 0.416 e. The Morgan fingerprint density at radius 2 is 1.76 bits per heavy atom. The number of carbonyl (C=O) groups excluding carboxylic acids is 1. The number of allylic oxidation sites excluding steroid dienone is 2. The Bertz CT molecular complexity index is 1320. The normalized spacial score (nSPS) is 14.6. The van der Waals surface area contributed by atoms with Crippen molar-refractivity contribution in [2.45, 2.75) is 26.1 Å². The topological polar surface area (TPSA) is 97.3 Å². The number of carboxylic acid groups (broad SMARTS) is 1. The van der Waals surface area contributed by atoms with E-state index in [1.54, 1.807) is 31.4 Å². The molecule has 3 aromatic rings. The Hall–Kier alpha value is -4.72. The Balaban J connectivity index is 1.37. The minimum absolute atomic E-state index is 0.0847. The zero-order valence-electron chi connectivity index (χ0n) is 21.3. The van der Waals surface area contributed by atoms with Crippen LogP contribution < -0.4 is 14.8 Å². The Morgan fingerprint density at radius 1 is 1.03 bits per heavy atom. The van der Waals surface area contributed by atoms with Crippen LogP contribution in [0.25, 0.3) is 6.08 Å². The number of nitrogens with one attached hydrogen (secondary N) is 1. The van der Waals surface area contributed by atoms with Crippen LogP contribution in [0.5, 0.6) is 11.5 Å². The molecule has 196 valence electrons. The number of carbonyl (C=O) groups is 2. The molecular weight excluding hydrogens is 484 g/mol. The standard InChI is InChI=1S/C30H30N2O6/c1-21-27(31-29(37-21)24-11-4-3-5-12-24)13-7-9-22-8-6-10-23(18-22)19-32(20-28(33)34)30(35)38-26-16-14-25(36-2)15-17-26/h3-12,14-18,29,31H,13,19-20H2,1-2H3,(H,33,34). The predicted molar refractivity (Wildman–Crippen MR) is 143 cm³/mol. The van der Waals surface area contributed by atoms with E-state index in [0.29, 0.717) is 17.9 Å². The number of benzene rings is 3. The molecule has 0 aromatic heterocycles. The Labute approximate surface area is 221 Å². The summed E-state index contributed by atoms with van der Waals surface area (Å²) in [6, 6.07) is 24.1. The minimum atomic E-state index is -1.13. The highest BCUT2D eigenvalue weighted by Gasteiger charge is 2.22. The van der Waals surface area contributed by atoms with Gasteiger partial charge in [-0.25, -0.2) is 4.79 Å². The average Bonchev–Trinajstić information content (AvgIpc) is 3.29. The highest BCUT2D eigenvalue weighted by atomic mass is 16.6. The second-order valence-electron chi connectivity index (χ2n) is 8.73. The molecule has 0 saturated heterocycles. The average molecular weight is 515 g/mol. The molecule has 3 aromatic carbocycles. The van der Waals surface area contributed by atoms with Crippen LogP contribution in [0.15, 0.2) is 96.4 Å². The van der Waals surface area contributed by atoms with Crippen molar-refractivity contribution in [3.05, 3.63) is 113 Å². The van der Waals surface area contributed by atoms with Crippen LogP contribution in [-0.4, -0.2) is 35.7 Å². The number of aliphatic carboxylic acids is 1. The van der Waals surface area contributed by atoms with Crippen LogP contribution >= 0.6 is 0 Å². The van der Waals surface area contributed by atoms with Gasteiger partial charge in [0.1, 0.15) is 23.8 Å². The fraction of sp³-hybridized carbons (Fsp3) is 0.200. The van der Waals surface area contributed by atoms with Gasteiger partial charge in [-0.1, -0.05) is 60.7 Å². The fourth-order valence-electron chi connectivity index (χ4n) is 4.00. The van der Waals surface area contributed by atoms with E-state index in [1.807, 2.05) is 73.7 Å². The first-order chi connectivity index (χ1) is 18.4. The number of ether oxygens (including phenoxy) is 3. The van der Waals surface area contributed by atoms with Gasteiger partial charge in [0.05, 0.1) is 12.8 Å². The Kier molecular flexibility index (Phi) is 8.66. The van der Waals surface area contributed by atoms with Gasteiger partial charge in [0.2, 0.25) is 0 Å². The van der Waals surface area contributed by atoms with Crippen molar-refractivity contribution in [2.75, 3.05) is 13.7 Å². The van der Waals surface area contributed by atoms with Crippen molar-refractivity contribution in [3.63, 3.8) is 0 Å². The van der Waals surface area contributed by atoms with Gasteiger partial charge >= 0.3 is 12.1 Å². The lowest BCUT2D eigenvalue weighted by molar-refractivity contribution is -0.138. The molecule has 0 radical (unpaired) electrons. The molecule has 2 N–H and O–H groups in total. The second-order valence-corrected chi connectivity index (χ2v) is 8.73. The number of carboxylic acids is 1. The molecule has 1 unspecified atom stereocenters. The molecular formula is C30H30N2O6. The fourth-order valence-corrected chi connectivity index (χ4v) is 4.00. The molecule has 0 spiro atoms. The van der Waals surface area contributed by atoms with E-state index in [-0.39, 0.29) is 12.8 Å². The third-order valence-electron chi connectivity index (χ3n) is 5.93. The van der Waals surface area contributed by atoms with Gasteiger partial charge in [0.15, 0.2) is 6.23 Å². The van der Waals surface area contributed by atoms with Gasteiger partial charge in [-0.2, -0.15) is 0 Å². The molecule has 0 bridgehead atoms. The van der Waals surface area contributed by atoms with Gasteiger partial charge in [-0.05, 0) is 48.4 Å². The van der Waals surface area contributed by atoms with Gasteiger partial charge < -0.3 is 24.6 Å². The summed E-state index contributed by atoms with van der Waals surface area (Å²) in [4.78, 5) is 25.3. The highest BCUT2D eigenvalue weighted by molar-refractivity contribution is 5.78. The molecule has 8 heteroatoms. The second kappa shape index (κ2) is 12.5. The van der Waals surface area contributed by atoms with E-state index in [9.17, 15) is 14.7 Å². The van der Waals surface area contributed by atoms with E-state index in [0.717, 1.165) is 33.0 Å². The third kappa shape index (κ3) is 7.16. The molecule has 0 saturated carbocycles. The van der Waals surface area contributed by atoms with Crippen molar-refractivity contribution in [2.24, 2.45) is 0 Å². The number of hydrogen-bond acceptors (Lipinski definition) is 6. The quantitative estimate of drug-likeness (QED) is 0.356. The molecule has 1 atom stereocenters. The SMILES string of the molecule is COc1ccc(OC(=O)N(CC(=O)O)Cc2cccc(C=CCC3=C(C)OC(c4ccccc4)N3)c2)cc1. The monoisotopic (exact) mass is 514 g/mol. The molecule has 38 heavy (non-hydrogen) atoms. The molecule has 4 rings (SSSR count). The number of amides is 1. The largest absolute Gasteiger partial charge is 0.497 e. The summed E-state index contributed by atoms with van der Waals surface area (Å²) >= 11 is 0. The first-order valence-corrected chi connectivity index (χ1v) is 12.2. The summed E-state index contributed by atoms with van der Waals surface area (Å²) < 4.78 is 16.5. The predicted octanol–water partition coefficient (Wildman–Crippen LogP) is 5.73. The number of nitrogens with zero attached hydrogens (tertiary/aromatic N) is 1. The lowest BCUT2D eigenvalue weighted by Gasteiger charge is -2.20. The van der Waals surface area contributed by atoms with Crippen molar-refractivity contribution in [1.82, 2.24) is 10.2 Å². The summed E-state index contributed by atoms with van der Waals surface area (Å²) in [6.07, 6.45) is 3.74. The molecule has 1 aliphatic rings. The number of hydrogen-bond donors (Lipinski definition) is 2. The molecule has 1 amide bonds. The summed E-state index contributed by atoms with van der Waals surface area (Å²) in [7, 11) is 1.54. The lowest BCUT2D eigenvalue weighted by Crippen LogP contribution is -2.37. The third-order valence-corrected chi connectivity index (χ3v) is 5.93. The summed E-state index contributed by atoms with van der Waals surface area (Å²) in [5.74, 6) is 0.649. The highest BCUT2D eigenvalue weighted by Crippen LogP contribution is 2.28. The van der Waals surface area contributed by atoms with Crippen LogP contribution in [-0.2, 0) is 16.1 Å². The van der Waals surface area contributed by atoms with Crippen LogP contribution in [0.4, 0.5) is 4.79 Å². The summed E-state index contributed by atoms with van der Waals surface area (Å²) in [6.45, 7) is 1.54. The maximum atomic E-state index is 12.7. The van der Waals surface area contributed by atoms with Gasteiger partial charge in [-0.15, -0.1) is 0 Å². The first kappa shape index (κ1) is 26.3. The maximum Gasteiger partial charge on any atom is 0.416 e. The van der Waals surface area contributed by atoms with Crippen molar-refractivity contribution in [1.29, 1.82) is 0 Å². The molecule has 1 heterocycles. The Morgan fingerprint density at radius 3 is 2.47 bits per heavy atom. The van der Waals surface area contributed by atoms with Crippen LogP contribution in [0.1, 0.15) is 36.3 Å². The maximum absolute atomic E-state index is 12.7. The van der Waals surface area contributed by atoms with Crippen LogP contribution in [0.3, 0.4) is 0 Å². The van der Waals surface area contributed by atoms with E-state index in [4.69, 9.17) is 14.2 Å². The van der Waals surface area contributed by atoms with E-state index >= 15 is 0 Å². The van der Waals surface area contributed by atoms with E-state index in [2.05, 4.69) is 5.32 Å². The molecule has 1 aliphatic heterocycles. The van der Waals surface area contributed by atoms with Crippen LogP contribution in [0, 0.1) is 0 Å². The number of methoxy groups -OCH3 is 1. The minimum Gasteiger partial charge on any atom is -0.497 e. The van der Waals surface area contributed by atoms with E-state index in [1.165, 1.54) is 0 Å². The molecule has 0 aliphatic carbocycles. The molecule has 8 nitrogen and oxygen atoms in total. The number of rotatable bonds is 10.